The molecule has 0 aromatic carbocycles. The number of amides is 1. The summed E-state index contributed by atoms with van der Waals surface area (Å²) >= 11 is 11.5. The van der Waals surface area contributed by atoms with Crippen LogP contribution >= 0.6 is 23.2 Å². The minimum Gasteiger partial charge on any atom is -0.309 e. The molecule has 0 bridgehead atoms. The summed E-state index contributed by atoms with van der Waals surface area (Å²) in [6.07, 6.45) is 1.66. The van der Waals surface area contributed by atoms with Gasteiger partial charge >= 0.3 is 0 Å². The van der Waals surface area contributed by atoms with Crippen molar-refractivity contribution in [3.05, 3.63) is 16.5 Å². The van der Waals surface area contributed by atoms with Gasteiger partial charge in [0.05, 0.1) is 0 Å². The number of halogens is 2. The molecule has 4 nitrogen and oxygen atoms in total. The summed E-state index contributed by atoms with van der Waals surface area (Å²) in [6.45, 7) is 3.91. The molecule has 0 aliphatic heterocycles. The number of hydrogen-bond acceptors (Lipinski definition) is 3. The lowest BCUT2D eigenvalue weighted by Gasteiger charge is -2.07. The Kier molecular flexibility index (Phi) is 4.29. The highest BCUT2D eigenvalue weighted by molar-refractivity contribution is 6.42. The lowest BCUT2D eigenvalue weighted by atomic mass is 10.1. The summed E-state index contributed by atoms with van der Waals surface area (Å²) in [7, 11) is 0. The average molecular weight is 248 g/mol. The standard InChI is InChI=1S/C9H11Cl2N3O/c1-5(2)3-6(15)14-9-7(10)8(11)12-4-13-9/h4-5H,3H2,1-2H3,(H,12,13,14,15). The number of anilines is 1. The van der Waals surface area contributed by atoms with Crippen LogP contribution in [0.15, 0.2) is 6.33 Å². The van der Waals surface area contributed by atoms with Crippen LogP contribution in [-0.2, 0) is 4.79 Å². The van der Waals surface area contributed by atoms with Crippen LogP contribution in [0, 0.1) is 5.92 Å². The Hall–Kier alpha value is -0.870. The second-order valence-electron chi connectivity index (χ2n) is 3.47. The van der Waals surface area contributed by atoms with Gasteiger partial charge in [0.25, 0.3) is 0 Å². The maximum absolute atomic E-state index is 11.4. The third kappa shape index (κ3) is 3.64. The van der Waals surface area contributed by atoms with Crippen LogP contribution in [0.25, 0.3) is 0 Å². The number of nitrogens with one attached hydrogen (secondary N) is 1. The normalized spacial score (nSPS) is 10.5. The Labute approximate surface area is 98.0 Å². The smallest absolute Gasteiger partial charge is 0.225 e. The minimum atomic E-state index is -0.137. The van der Waals surface area contributed by atoms with Gasteiger partial charge in [0.2, 0.25) is 5.91 Å². The molecular formula is C9H11Cl2N3O. The van der Waals surface area contributed by atoms with Gasteiger partial charge in [-0.15, -0.1) is 0 Å². The molecule has 0 spiro atoms. The van der Waals surface area contributed by atoms with E-state index in [1.807, 2.05) is 13.8 Å². The molecular weight excluding hydrogens is 237 g/mol. The summed E-state index contributed by atoms with van der Waals surface area (Å²) in [5.41, 5.74) is 0. The largest absolute Gasteiger partial charge is 0.309 e. The van der Waals surface area contributed by atoms with Crippen molar-refractivity contribution in [2.45, 2.75) is 20.3 Å². The lowest BCUT2D eigenvalue weighted by molar-refractivity contribution is -0.116. The van der Waals surface area contributed by atoms with Crippen LogP contribution in [0.4, 0.5) is 5.82 Å². The first-order chi connectivity index (χ1) is 7.00. The van der Waals surface area contributed by atoms with Gasteiger partial charge in [0.15, 0.2) is 11.0 Å². The number of carbonyl (C=O) groups is 1. The number of rotatable bonds is 3. The fourth-order valence-electron chi connectivity index (χ4n) is 0.989. The molecule has 0 aliphatic carbocycles. The van der Waals surface area contributed by atoms with Gasteiger partial charge in [-0.25, -0.2) is 9.97 Å². The molecule has 0 radical (unpaired) electrons. The van der Waals surface area contributed by atoms with Crippen molar-refractivity contribution >= 4 is 34.9 Å². The highest BCUT2D eigenvalue weighted by Crippen LogP contribution is 2.25. The Bertz CT molecular complexity index is 368. The van der Waals surface area contributed by atoms with Gasteiger partial charge in [-0.3, -0.25) is 4.79 Å². The van der Waals surface area contributed by atoms with Crippen LogP contribution in [0.1, 0.15) is 20.3 Å². The molecule has 1 aromatic rings. The van der Waals surface area contributed by atoms with E-state index in [-0.39, 0.29) is 27.8 Å². The Morgan fingerprint density at radius 1 is 1.47 bits per heavy atom. The summed E-state index contributed by atoms with van der Waals surface area (Å²) < 4.78 is 0. The van der Waals surface area contributed by atoms with E-state index in [0.717, 1.165) is 0 Å². The predicted octanol–water partition coefficient (Wildman–Crippen LogP) is 2.77. The molecule has 0 aliphatic rings. The van der Waals surface area contributed by atoms with E-state index in [4.69, 9.17) is 23.2 Å². The van der Waals surface area contributed by atoms with Crippen molar-refractivity contribution in [1.82, 2.24) is 9.97 Å². The van der Waals surface area contributed by atoms with Crippen molar-refractivity contribution in [3.63, 3.8) is 0 Å². The van der Waals surface area contributed by atoms with Crippen molar-refractivity contribution < 1.29 is 4.79 Å². The second-order valence-corrected chi connectivity index (χ2v) is 4.21. The van der Waals surface area contributed by atoms with Gasteiger partial charge in [0.1, 0.15) is 11.3 Å². The quantitative estimate of drug-likeness (QED) is 0.836. The molecule has 82 valence electrons. The van der Waals surface area contributed by atoms with E-state index in [2.05, 4.69) is 15.3 Å². The molecule has 1 aromatic heterocycles. The highest BCUT2D eigenvalue weighted by Gasteiger charge is 2.11. The molecule has 15 heavy (non-hydrogen) atoms. The lowest BCUT2D eigenvalue weighted by Crippen LogP contribution is -2.15. The zero-order chi connectivity index (χ0) is 11.4. The van der Waals surface area contributed by atoms with Crippen LogP contribution in [0.5, 0.6) is 0 Å². The minimum absolute atomic E-state index is 0.131. The number of aromatic nitrogens is 2. The van der Waals surface area contributed by atoms with E-state index in [0.29, 0.717) is 6.42 Å². The first kappa shape index (κ1) is 12.2. The monoisotopic (exact) mass is 247 g/mol. The third-order valence-electron chi connectivity index (χ3n) is 1.60. The van der Waals surface area contributed by atoms with Crippen molar-refractivity contribution in [2.75, 3.05) is 5.32 Å². The van der Waals surface area contributed by atoms with Crippen LogP contribution < -0.4 is 5.32 Å². The number of hydrogen-bond donors (Lipinski definition) is 1. The van der Waals surface area contributed by atoms with Gasteiger partial charge in [-0.1, -0.05) is 37.0 Å². The van der Waals surface area contributed by atoms with E-state index < -0.39 is 0 Å². The first-order valence-corrected chi connectivity index (χ1v) is 5.22. The molecule has 6 heteroatoms. The van der Waals surface area contributed by atoms with Crippen molar-refractivity contribution in [1.29, 1.82) is 0 Å². The van der Waals surface area contributed by atoms with E-state index >= 15 is 0 Å². The van der Waals surface area contributed by atoms with E-state index in [9.17, 15) is 4.79 Å². The maximum Gasteiger partial charge on any atom is 0.225 e. The zero-order valence-electron chi connectivity index (χ0n) is 8.42. The predicted molar refractivity (Wildman–Crippen MR) is 60.1 cm³/mol. The summed E-state index contributed by atoms with van der Waals surface area (Å²) in [5, 5.41) is 2.87. The van der Waals surface area contributed by atoms with E-state index in [1.165, 1.54) is 6.33 Å². The molecule has 1 amide bonds. The molecule has 1 heterocycles. The summed E-state index contributed by atoms with van der Waals surface area (Å²) in [4.78, 5) is 18.9. The van der Waals surface area contributed by atoms with Gasteiger partial charge in [-0.05, 0) is 5.92 Å². The molecule has 0 fully saturated rings. The second kappa shape index (κ2) is 5.28. The van der Waals surface area contributed by atoms with Gasteiger partial charge in [0, 0.05) is 6.42 Å². The fourth-order valence-corrected chi connectivity index (χ4v) is 1.27. The van der Waals surface area contributed by atoms with Crippen molar-refractivity contribution in [3.8, 4) is 0 Å². The van der Waals surface area contributed by atoms with Crippen molar-refractivity contribution in [2.24, 2.45) is 5.92 Å². The van der Waals surface area contributed by atoms with Crippen LogP contribution in [0.3, 0.4) is 0 Å². The topological polar surface area (TPSA) is 54.9 Å². The SMILES string of the molecule is CC(C)CC(=O)Nc1ncnc(Cl)c1Cl. The average Bonchev–Trinajstić information content (AvgIpc) is 2.11. The number of carbonyl (C=O) groups excluding carboxylic acids is 1. The Morgan fingerprint density at radius 3 is 2.73 bits per heavy atom. The Morgan fingerprint density at radius 2 is 2.13 bits per heavy atom. The molecule has 1 N–H and O–H groups in total. The van der Waals surface area contributed by atoms with Gasteiger partial charge < -0.3 is 5.32 Å². The maximum atomic E-state index is 11.4. The van der Waals surface area contributed by atoms with Crippen LogP contribution in [-0.4, -0.2) is 15.9 Å². The Balaban J connectivity index is 2.73. The molecule has 0 atom stereocenters. The fraction of sp³-hybridized carbons (Fsp3) is 0.444. The molecule has 0 unspecified atom stereocenters. The highest BCUT2D eigenvalue weighted by atomic mass is 35.5. The zero-order valence-corrected chi connectivity index (χ0v) is 9.93. The summed E-state index contributed by atoms with van der Waals surface area (Å²) in [6, 6.07) is 0. The first-order valence-electron chi connectivity index (χ1n) is 4.46. The molecule has 1 rings (SSSR count). The molecule has 0 saturated heterocycles. The van der Waals surface area contributed by atoms with E-state index in [1.54, 1.807) is 0 Å². The van der Waals surface area contributed by atoms with Gasteiger partial charge in [-0.2, -0.15) is 0 Å². The van der Waals surface area contributed by atoms with Crippen LogP contribution in [0.2, 0.25) is 10.2 Å². The molecule has 0 saturated carbocycles. The summed E-state index contributed by atoms with van der Waals surface area (Å²) in [5.74, 6) is 0.394. The third-order valence-corrected chi connectivity index (χ3v) is 2.34. The number of nitrogens with zero attached hydrogens (tertiary/aromatic N) is 2.